The standard InChI is InChI=1S/C20H22ClN3O.ClH/c1-14-12-15(4-9-18(14)25-3)13-23-19(20-22-10-11-24(20)2)16-5-7-17(21)8-6-16;/h4-12,19,23H,13H2,1-3H3;1H. The Balaban J connectivity index is 0.00000243. The number of nitrogens with zero attached hydrogens (tertiary/aromatic N) is 2. The van der Waals surface area contributed by atoms with Gasteiger partial charge in [-0.25, -0.2) is 4.98 Å². The van der Waals surface area contributed by atoms with Crippen molar-refractivity contribution in [2.45, 2.75) is 19.5 Å². The maximum Gasteiger partial charge on any atom is 0.130 e. The number of methoxy groups -OCH3 is 1. The van der Waals surface area contributed by atoms with E-state index in [0.29, 0.717) is 0 Å². The van der Waals surface area contributed by atoms with Crippen LogP contribution in [0.15, 0.2) is 54.9 Å². The molecule has 0 spiro atoms. The molecule has 26 heavy (non-hydrogen) atoms. The van der Waals surface area contributed by atoms with Crippen LogP contribution in [0.25, 0.3) is 0 Å². The van der Waals surface area contributed by atoms with Gasteiger partial charge in [-0.05, 0) is 41.8 Å². The van der Waals surface area contributed by atoms with Crippen LogP contribution in [0.3, 0.4) is 0 Å². The summed E-state index contributed by atoms with van der Waals surface area (Å²) < 4.78 is 7.37. The van der Waals surface area contributed by atoms with Crippen LogP contribution in [0, 0.1) is 6.92 Å². The lowest BCUT2D eigenvalue weighted by Gasteiger charge is -2.20. The van der Waals surface area contributed by atoms with Gasteiger partial charge in [0.1, 0.15) is 11.6 Å². The van der Waals surface area contributed by atoms with E-state index in [0.717, 1.165) is 34.3 Å². The Hall–Kier alpha value is -2.01. The zero-order valence-electron chi connectivity index (χ0n) is 15.1. The molecule has 1 aromatic heterocycles. The molecule has 1 heterocycles. The summed E-state index contributed by atoms with van der Waals surface area (Å²) in [6, 6.07) is 14.1. The SMILES string of the molecule is COc1ccc(CNC(c2ccc(Cl)cc2)c2nccn2C)cc1C.Cl. The van der Waals surface area contributed by atoms with E-state index in [1.165, 1.54) is 5.56 Å². The van der Waals surface area contributed by atoms with Crippen molar-refractivity contribution in [3.8, 4) is 5.75 Å². The molecule has 2 aromatic carbocycles. The maximum atomic E-state index is 6.04. The van der Waals surface area contributed by atoms with E-state index in [1.807, 2.05) is 54.3 Å². The Labute approximate surface area is 165 Å². The van der Waals surface area contributed by atoms with Crippen molar-refractivity contribution < 1.29 is 4.74 Å². The lowest BCUT2D eigenvalue weighted by molar-refractivity contribution is 0.411. The van der Waals surface area contributed by atoms with E-state index < -0.39 is 0 Å². The Kier molecular flexibility index (Phi) is 7.09. The third kappa shape index (κ3) is 4.58. The molecule has 138 valence electrons. The van der Waals surface area contributed by atoms with Crippen molar-refractivity contribution >= 4 is 24.0 Å². The van der Waals surface area contributed by atoms with E-state index in [2.05, 4.69) is 29.4 Å². The van der Waals surface area contributed by atoms with Crippen LogP contribution < -0.4 is 10.1 Å². The molecule has 0 radical (unpaired) electrons. The number of hydrogen-bond donors (Lipinski definition) is 1. The molecule has 3 rings (SSSR count). The average molecular weight is 392 g/mol. The van der Waals surface area contributed by atoms with E-state index in [-0.39, 0.29) is 18.4 Å². The number of rotatable bonds is 6. The van der Waals surface area contributed by atoms with Gasteiger partial charge in [-0.1, -0.05) is 35.9 Å². The summed E-state index contributed by atoms with van der Waals surface area (Å²) in [5, 5.41) is 4.34. The van der Waals surface area contributed by atoms with Gasteiger partial charge in [-0.2, -0.15) is 0 Å². The van der Waals surface area contributed by atoms with Crippen molar-refractivity contribution in [3.63, 3.8) is 0 Å². The van der Waals surface area contributed by atoms with Crippen LogP contribution in [0.1, 0.15) is 28.6 Å². The van der Waals surface area contributed by atoms with Gasteiger partial charge in [0.2, 0.25) is 0 Å². The van der Waals surface area contributed by atoms with E-state index >= 15 is 0 Å². The number of nitrogens with one attached hydrogen (secondary N) is 1. The zero-order chi connectivity index (χ0) is 17.8. The summed E-state index contributed by atoms with van der Waals surface area (Å²) in [5.74, 6) is 1.87. The van der Waals surface area contributed by atoms with Gasteiger partial charge in [0.15, 0.2) is 0 Å². The number of aromatic nitrogens is 2. The van der Waals surface area contributed by atoms with Crippen molar-refractivity contribution in [3.05, 3.63) is 82.4 Å². The van der Waals surface area contributed by atoms with Gasteiger partial charge in [-0.3, -0.25) is 5.32 Å². The van der Waals surface area contributed by atoms with Crippen LogP contribution in [-0.4, -0.2) is 16.7 Å². The van der Waals surface area contributed by atoms with Gasteiger partial charge in [0, 0.05) is 31.0 Å². The van der Waals surface area contributed by atoms with Crippen LogP contribution in [0.5, 0.6) is 5.75 Å². The highest BCUT2D eigenvalue weighted by Crippen LogP contribution is 2.24. The Morgan fingerprint density at radius 1 is 1.19 bits per heavy atom. The Morgan fingerprint density at radius 2 is 1.92 bits per heavy atom. The monoisotopic (exact) mass is 391 g/mol. The minimum atomic E-state index is -0.0142. The molecule has 0 aliphatic carbocycles. The topological polar surface area (TPSA) is 39.1 Å². The number of halogens is 2. The molecule has 0 bridgehead atoms. The fourth-order valence-corrected chi connectivity index (χ4v) is 3.07. The maximum absolute atomic E-state index is 6.04. The zero-order valence-corrected chi connectivity index (χ0v) is 16.6. The number of hydrogen-bond acceptors (Lipinski definition) is 3. The predicted molar refractivity (Wildman–Crippen MR) is 108 cm³/mol. The average Bonchev–Trinajstić information content (AvgIpc) is 3.03. The molecule has 0 saturated carbocycles. The first-order valence-electron chi connectivity index (χ1n) is 8.18. The number of imidazole rings is 1. The second-order valence-corrected chi connectivity index (χ2v) is 6.50. The molecule has 1 unspecified atom stereocenters. The van der Waals surface area contributed by atoms with Crippen molar-refractivity contribution in [1.82, 2.24) is 14.9 Å². The summed E-state index contributed by atoms with van der Waals surface area (Å²) in [6.45, 7) is 2.78. The first-order chi connectivity index (χ1) is 12.1. The summed E-state index contributed by atoms with van der Waals surface area (Å²) in [6.07, 6.45) is 3.77. The smallest absolute Gasteiger partial charge is 0.130 e. The molecule has 0 amide bonds. The first kappa shape index (κ1) is 20.3. The molecule has 3 aromatic rings. The lowest BCUT2D eigenvalue weighted by Crippen LogP contribution is -2.24. The molecule has 0 aliphatic heterocycles. The summed E-state index contributed by atoms with van der Waals surface area (Å²) in [5.41, 5.74) is 3.46. The van der Waals surface area contributed by atoms with Crippen LogP contribution in [0.4, 0.5) is 0 Å². The minimum Gasteiger partial charge on any atom is -0.496 e. The lowest BCUT2D eigenvalue weighted by atomic mass is 10.0. The fraction of sp³-hybridized carbons (Fsp3) is 0.250. The normalized spacial score (nSPS) is 11.7. The van der Waals surface area contributed by atoms with E-state index in [1.54, 1.807) is 7.11 Å². The third-order valence-corrected chi connectivity index (χ3v) is 4.54. The third-order valence-electron chi connectivity index (χ3n) is 4.29. The van der Waals surface area contributed by atoms with Gasteiger partial charge in [-0.15, -0.1) is 12.4 Å². The predicted octanol–water partition coefficient (Wildman–Crippen LogP) is 4.69. The van der Waals surface area contributed by atoms with Gasteiger partial charge in [0.05, 0.1) is 13.2 Å². The van der Waals surface area contributed by atoms with Crippen LogP contribution in [0.2, 0.25) is 5.02 Å². The second-order valence-electron chi connectivity index (χ2n) is 6.07. The molecule has 1 atom stereocenters. The van der Waals surface area contributed by atoms with Crippen molar-refractivity contribution in [2.75, 3.05) is 7.11 Å². The highest BCUT2D eigenvalue weighted by Gasteiger charge is 2.18. The molecule has 1 N–H and O–H groups in total. The largest absolute Gasteiger partial charge is 0.496 e. The van der Waals surface area contributed by atoms with Crippen molar-refractivity contribution in [1.29, 1.82) is 0 Å². The first-order valence-corrected chi connectivity index (χ1v) is 8.56. The minimum absolute atomic E-state index is 0. The van der Waals surface area contributed by atoms with Gasteiger partial charge < -0.3 is 9.30 Å². The number of aryl methyl sites for hydroxylation is 2. The van der Waals surface area contributed by atoms with Crippen LogP contribution in [-0.2, 0) is 13.6 Å². The molecule has 6 heteroatoms. The quantitative estimate of drug-likeness (QED) is 0.662. The molecule has 4 nitrogen and oxygen atoms in total. The molecule has 0 saturated heterocycles. The van der Waals surface area contributed by atoms with Crippen LogP contribution >= 0.6 is 24.0 Å². The highest BCUT2D eigenvalue weighted by molar-refractivity contribution is 6.30. The van der Waals surface area contributed by atoms with Gasteiger partial charge in [0.25, 0.3) is 0 Å². The Morgan fingerprint density at radius 3 is 2.50 bits per heavy atom. The van der Waals surface area contributed by atoms with E-state index in [4.69, 9.17) is 16.3 Å². The summed E-state index contributed by atoms with van der Waals surface area (Å²) in [7, 11) is 3.70. The summed E-state index contributed by atoms with van der Waals surface area (Å²) in [4.78, 5) is 4.52. The number of benzene rings is 2. The highest BCUT2D eigenvalue weighted by atomic mass is 35.5. The molecular weight excluding hydrogens is 369 g/mol. The number of ether oxygens (including phenoxy) is 1. The van der Waals surface area contributed by atoms with E-state index in [9.17, 15) is 0 Å². The molecule has 0 fully saturated rings. The molecular formula is C20H23Cl2N3O. The molecule has 0 aliphatic rings. The Bertz CT molecular complexity index is 847. The summed E-state index contributed by atoms with van der Waals surface area (Å²) >= 11 is 6.04. The fourth-order valence-electron chi connectivity index (χ4n) is 2.94. The second kappa shape index (κ2) is 9.08. The van der Waals surface area contributed by atoms with Crippen molar-refractivity contribution in [2.24, 2.45) is 7.05 Å². The van der Waals surface area contributed by atoms with Gasteiger partial charge >= 0.3 is 0 Å².